The Bertz CT molecular complexity index is 605. The van der Waals surface area contributed by atoms with Gasteiger partial charge in [-0.25, -0.2) is 8.42 Å². The SMILES string of the molecule is CC(C#N)/C(=N\S(=O)(=O)C(C)(C)C)c1ccccc1. The van der Waals surface area contributed by atoms with Crippen LogP contribution in [0.4, 0.5) is 0 Å². The number of nitriles is 1. The molecule has 1 rings (SSSR count). The summed E-state index contributed by atoms with van der Waals surface area (Å²) in [5.41, 5.74) is 0.947. The first-order chi connectivity index (χ1) is 8.69. The highest BCUT2D eigenvalue weighted by Crippen LogP contribution is 2.20. The van der Waals surface area contributed by atoms with Crippen molar-refractivity contribution in [3.05, 3.63) is 35.9 Å². The summed E-state index contributed by atoms with van der Waals surface area (Å²) in [5, 5.41) is 9.04. The Morgan fingerprint density at radius 3 is 2.21 bits per heavy atom. The van der Waals surface area contributed by atoms with Crippen molar-refractivity contribution in [3.63, 3.8) is 0 Å². The third-order valence-corrected chi connectivity index (χ3v) is 4.65. The first-order valence-electron chi connectivity index (χ1n) is 5.98. The van der Waals surface area contributed by atoms with E-state index in [1.807, 2.05) is 12.1 Å². The van der Waals surface area contributed by atoms with Gasteiger partial charge < -0.3 is 0 Å². The van der Waals surface area contributed by atoms with Crippen molar-refractivity contribution in [2.75, 3.05) is 0 Å². The Balaban J connectivity index is 3.41. The minimum absolute atomic E-state index is 0.290. The lowest BCUT2D eigenvalue weighted by molar-refractivity contribution is 0.562. The van der Waals surface area contributed by atoms with E-state index in [4.69, 9.17) is 5.26 Å². The summed E-state index contributed by atoms with van der Waals surface area (Å²) in [7, 11) is -3.66. The maximum atomic E-state index is 12.2. The van der Waals surface area contributed by atoms with E-state index in [0.717, 1.165) is 0 Å². The summed E-state index contributed by atoms with van der Waals surface area (Å²) in [6.45, 7) is 6.41. The number of sulfonamides is 1. The molecule has 0 aliphatic heterocycles. The predicted molar refractivity (Wildman–Crippen MR) is 76.4 cm³/mol. The van der Waals surface area contributed by atoms with Gasteiger partial charge in [0.15, 0.2) is 0 Å². The predicted octanol–water partition coefficient (Wildman–Crippen LogP) is 2.76. The molecule has 0 heterocycles. The van der Waals surface area contributed by atoms with E-state index in [-0.39, 0.29) is 5.71 Å². The lowest BCUT2D eigenvalue weighted by atomic mass is 10.0. The molecule has 0 bridgehead atoms. The van der Waals surface area contributed by atoms with Crippen molar-refractivity contribution in [2.45, 2.75) is 32.4 Å². The molecule has 0 fully saturated rings. The van der Waals surface area contributed by atoms with Gasteiger partial charge in [-0.15, -0.1) is 0 Å². The molecule has 5 heteroatoms. The molecule has 19 heavy (non-hydrogen) atoms. The smallest absolute Gasteiger partial charge is 0.204 e. The maximum absolute atomic E-state index is 12.2. The van der Waals surface area contributed by atoms with E-state index in [0.29, 0.717) is 5.56 Å². The van der Waals surface area contributed by atoms with E-state index >= 15 is 0 Å². The van der Waals surface area contributed by atoms with Crippen LogP contribution in [-0.4, -0.2) is 18.9 Å². The molecule has 0 amide bonds. The van der Waals surface area contributed by atoms with Crippen LogP contribution in [0.5, 0.6) is 0 Å². The molecule has 1 aromatic carbocycles. The van der Waals surface area contributed by atoms with Gasteiger partial charge in [0.25, 0.3) is 10.0 Å². The molecule has 4 nitrogen and oxygen atoms in total. The lowest BCUT2D eigenvalue weighted by Gasteiger charge is -2.17. The highest BCUT2D eigenvalue weighted by atomic mass is 32.2. The van der Waals surface area contributed by atoms with Gasteiger partial charge in [0.2, 0.25) is 0 Å². The molecule has 0 saturated heterocycles. The number of rotatable bonds is 3. The van der Waals surface area contributed by atoms with Crippen LogP contribution in [0.2, 0.25) is 0 Å². The topological polar surface area (TPSA) is 70.3 Å². The van der Waals surface area contributed by atoms with E-state index < -0.39 is 20.7 Å². The Kier molecular flexibility index (Phi) is 4.48. The van der Waals surface area contributed by atoms with Gasteiger partial charge in [0, 0.05) is 0 Å². The standard InChI is InChI=1S/C14H18N2O2S/c1-11(10-15)13(12-8-6-5-7-9-12)16-19(17,18)14(2,3)4/h5-9,11H,1-4H3/b16-13+. The second kappa shape index (κ2) is 5.54. The van der Waals surface area contributed by atoms with Gasteiger partial charge >= 0.3 is 0 Å². The van der Waals surface area contributed by atoms with Crippen molar-refractivity contribution in [1.29, 1.82) is 5.26 Å². The Morgan fingerprint density at radius 1 is 1.26 bits per heavy atom. The first-order valence-corrected chi connectivity index (χ1v) is 7.42. The minimum Gasteiger partial charge on any atom is -0.204 e. The Labute approximate surface area is 114 Å². The van der Waals surface area contributed by atoms with Gasteiger partial charge in [-0.3, -0.25) is 0 Å². The fraction of sp³-hybridized carbons (Fsp3) is 0.429. The zero-order valence-corrected chi connectivity index (χ0v) is 12.4. The summed E-state index contributed by atoms with van der Waals surface area (Å²) in [6.07, 6.45) is 0. The van der Waals surface area contributed by atoms with Crippen LogP contribution in [0.1, 0.15) is 33.3 Å². The van der Waals surface area contributed by atoms with Crippen LogP contribution in [0.25, 0.3) is 0 Å². The highest BCUT2D eigenvalue weighted by Gasteiger charge is 2.30. The molecule has 1 aromatic rings. The number of hydrogen-bond acceptors (Lipinski definition) is 3. The van der Waals surface area contributed by atoms with E-state index in [2.05, 4.69) is 4.40 Å². The van der Waals surface area contributed by atoms with Gasteiger partial charge in [0.1, 0.15) is 0 Å². The molecule has 0 aliphatic rings. The van der Waals surface area contributed by atoms with Gasteiger partial charge in [-0.05, 0) is 33.3 Å². The zero-order valence-electron chi connectivity index (χ0n) is 11.6. The molecule has 0 aliphatic carbocycles. The Hall–Kier alpha value is -1.67. The van der Waals surface area contributed by atoms with Crippen molar-refractivity contribution < 1.29 is 8.42 Å². The van der Waals surface area contributed by atoms with Crippen LogP contribution in [-0.2, 0) is 10.0 Å². The summed E-state index contributed by atoms with van der Waals surface area (Å²) < 4.78 is 27.2. The maximum Gasteiger partial charge on any atom is 0.258 e. The molecule has 0 N–H and O–H groups in total. The van der Waals surface area contributed by atoms with Gasteiger partial charge in [-0.2, -0.15) is 9.66 Å². The molecule has 0 saturated carbocycles. The fourth-order valence-corrected chi connectivity index (χ4v) is 2.11. The summed E-state index contributed by atoms with van der Waals surface area (Å²) in [5.74, 6) is -0.584. The van der Waals surface area contributed by atoms with E-state index in [1.54, 1.807) is 52.0 Å². The zero-order chi connectivity index (χ0) is 14.7. The first kappa shape index (κ1) is 15.4. The third-order valence-electron chi connectivity index (χ3n) is 2.67. The molecule has 0 radical (unpaired) electrons. The molecule has 1 atom stereocenters. The van der Waals surface area contributed by atoms with Crippen LogP contribution < -0.4 is 0 Å². The van der Waals surface area contributed by atoms with E-state index in [1.165, 1.54) is 0 Å². The Morgan fingerprint density at radius 2 is 1.79 bits per heavy atom. The average molecular weight is 278 g/mol. The van der Waals surface area contributed by atoms with E-state index in [9.17, 15) is 8.42 Å². The largest absolute Gasteiger partial charge is 0.258 e. The highest BCUT2D eigenvalue weighted by molar-refractivity contribution is 7.91. The van der Waals surface area contributed by atoms with Crippen molar-refractivity contribution in [3.8, 4) is 6.07 Å². The van der Waals surface area contributed by atoms with Crippen LogP contribution in [0, 0.1) is 17.2 Å². The fourth-order valence-electron chi connectivity index (χ4n) is 1.32. The molecule has 102 valence electrons. The van der Waals surface area contributed by atoms with Crippen LogP contribution in [0.15, 0.2) is 34.7 Å². The number of hydrogen-bond donors (Lipinski definition) is 0. The lowest BCUT2D eigenvalue weighted by Crippen LogP contribution is -2.28. The summed E-state index contributed by atoms with van der Waals surface area (Å²) in [4.78, 5) is 0. The second-order valence-corrected chi connectivity index (χ2v) is 7.64. The third kappa shape index (κ3) is 3.65. The van der Waals surface area contributed by atoms with Crippen molar-refractivity contribution in [2.24, 2.45) is 10.3 Å². The van der Waals surface area contributed by atoms with Crippen molar-refractivity contribution >= 4 is 15.7 Å². The number of benzene rings is 1. The normalized spacial score (nSPS) is 14.8. The molecular formula is C14H18N2O2S. The van der Waals surface area contributed by atoms with Gasteiger partial charge in [0.05, 0.1) is 22.4 Å². The quantitative estimate of drug-likeness (QED) is 0.798. The van der Waals surface area contributed by atoms with Crippen molar-refractivity contribution in [1.82, 2.24) is 0 Å². The summed E-state index contributed by atoms with van der Waals surface area (Å²) >= 11 is 0. The monoisotopic (exact) mass is 278 g/mol. The van der Waals surface area contributed by atoms with Crippen LogP contribution >= 0.6 is 0 Å². The minimum atomic E-state index is -3.66. The average Bonchev–Trinajstić information content (AvgIpc) is 2.35. The molecule has 0 spiro atoms. The second-order valence-electron chi connectivity index (χ2n) is 5.28. The molecule has 1 unspecified atom stereocenters. The summed E-state index contributed by atoms with van der Waals surface area (Å²) in [6, 6.07) is 11.0. The molecular weight excluding hydrogens is 260 g/mol. The number of nitrogens with zero attached hydrogens (tertiary/aromatic N) is 2. The van der Waals surface area contributed by atoms with Gasteiger partial charge in [-0.1, -0.05) is 30.3 Å². The van der Waals surface area contributed by atoms with Crippen LogP contribution in [0.3, 0.4) is 0 Å². The molecule has 0 aromatic heterocycles.